The predicted molar refractivity (Wildman–Crippen MR) is 63.3 cm³/mol. The van der Waals surface area contributed by atoms with Gasteiger partial charge in [-0.05, 0) is 17.7 Å². The average Bonchev–Trinajstić information content (AvgIpc) is 2.56. The monoisotopic (exact) mass is 293 g/mol. The van der Waals surface area contributed by atoms with E-state index in [0.717, 1.165) is 12.1 Å². The highest BCUT2D eigenvalue weighted by molar-refractivity contribution is 7.91. The molecule has 0 amide bonds. The van der Waals surface area contributed by atoms with E-state index in [-0.39, 0.29) is 12.1 Å². The molecule has 2 atom stereocenters. The van der Waals surface area contributed by atoms with Gasteiger partial charge in [-0.25, -0.2) is 17.2 Å². The van der Waals surface area contributed by atoms with Crippen LogP contribution in [-0.2, 0) is 16.4 Å². The summed E-state index contributed by atoms with van der Waals surface area (Å²) in [7, 11) is -3.44. The van der Waals surface area contributed by atoms with E-state index in [1.54, 1.807) is 0 Å². The number of rotatable bonds is 3. The van der Waals surface area contributed by atoms with E-state index in [4.69, 9.17) is 10.5 Å². The minimum Gasteiger partial charge on any atom is -0.480 e. The molecular weight excluding hydrogens is 280 g/mol. The highest BCUT2D eigenvalue weighted by Crippen LogP contribution is 2.27. The van der Waals surface area contributed by atoms with Crippen LogP contribution in [0.15, 0.2) is 12.1 Å². The zero-order valence-corrected chi connectivity index (χ0v) is 10.7. The van der Waals surface area contributed by atoms with E-state index in [9.17, 15) is 22.3 Å². The van der Waals surface area contributed by atoms with E-state index < -0.39 is 50.9 Å². The molecule has 5 nitrogen and oxygen atoms in total. The Balaban J connectivity index is 2.25. The molecule has 2 unspecified atom stereocenters. The number of halogens is 2. The summed E-state index contributed by atoms with van der Waals surface area (Å²) in [5, 5.41) is 9.50. The van der Waals surface area contributed by atoms with Gasteiger partial charge >= 0.3 is 0 Å². The van der Waals surface area contributed by atoms with Crippen molar-refractivity contribution in [3.05, 3.63) is 29.3 Å². The maximum atomic E-state index is 13.6. The third kappa shape index (κ3) is 3.02. The topological polar surface area (TPSA) is 89.6 Å². The van der Waals surface area contributed by atoms with Crippen LogP contribution >= 0.6 is 0 Å². The van der Waals surface area contributed by atoms with E-state index in [1.807, 2.05) is 0 Å². The van der Waals surface area contributed by atoms with Gasteiger partial charge in [-0.2, -0.15) is 0 Å². The minimum absolute atomic E-state index is 0.0332. The first-order valence-electron chi connectivity index (χ1n) is 5.55. The fourth-order valence-corrected chi connectivity index (χ4v) is 3.57. The number of sulfone groups is 1. The van der Waals surface area contributed by atoms with Crippen LogP contribution in [0, 0.1) is 11.6 Å². The normalized spacial score (nSPS) is 25.5. The summed E-state index contributed by atoms with van der Waals surface area (Å²) in [6.45, 7) is -0.0332. The second-order valence-electron chi connectivity index (χ2n) is 4.39. The van der Waals surface area contributed by atoms with Crippen LogP contribution in [0.25, 0.3) is 0 Å². The van der Waals surface area contributed by atoms with Gasteiger partial charge in [0.15, 0.2) is 27.2 Å². The molecule has 0 aliphatic carbocycles. The van der Waals surface area contributed by atoms with Gasteiger partial charge in [0, 0.05) is 6.54 Å². The Morgan fingerprint density at radius 3 is 2.32 bits per heavy atom. The Labute approximate surface area is 108 Å². The summed E-state index contributed by atoms with van der Waals surface area (Å²) in [5.74, 6) is -3.58. The number of hydrogen-bond acceptors (Lipinski definition) is 5. The predicted octanol–water partition coefficient (Wildman–Crippen LogP) is -0.0398. The largest absolute Gasteiger partial charge is 0.480 e. The molecule has 19 heavy (non-hydrogen) atoms. The first-order valence-corrected chi connectivity index (χ1v) is 7.37. The van der Waals surface area contributed by atoms with Crippen molar-refractivity contribution < 1.29 is 27.0 Å². The molecule has 0 bridgehead atoms. The lowest BCUT2D eigenvalue weighted by Crippen LogP contribution is -2.30. The Bertz CT molecular complexity index is 567. The van der Waals surface area contributed by atoms with Gasteiger partial charge in [-0.3, -0.25) is 0 Å². The fourth-order valence-electron chi connectivity index (χ4n) is 1.90. The van der Waals surface area contributed by atoms with E-state index >= 15 is 0 Å². The molecule has 1 heterocycles. The molecule has 8 heteroatoms. The molecule has 1 aliphatic rings. The summed E-state index contributed by atoms with van der Waals surface area (Å²) >= 11 is 0. The lowest BCUT2D eigenvalue weighted by molar-refractivity contribution is 0.0681. The molecule has 2 rings (SSSR count). The van der Waals surface area contributed by atoms with E-state index in [0.29, 0.717) is 0 Å². The lowest BCUT2D eigenvalue weighted by atomic mass is 10.2. The van der Waals surface area contributed by atoms with Gasteiger partial charge in [0.05, 0.1) is 11.5 Å². The van der Waals surface area contributed by atoms with Gasteiger partial charge in [0.25, 0.3) is 0 Å². The highest BCUT2D eigenvalue weighted by Gasteiger charge is 2.39. The molecule has 1 saturated heterocycles. The number of benzene rings is 1. The van der Waals surface area contributed by atoms with Crippen molar-refractivity contribution in [2.24, 2.45) is 5.73 Å². The number of hydrogen-bond donors (Lipinski definition) is 2. The molecule has 1 aromatic carbocycles. The average molecular weight is 293 g/mol. The Morgan fingerprint density at radius 1 is 1.32 bits per heavy atom. The van der Waals surface area contributed by atoms with Crippen molar-refractivity contribution in [1.82, 2.24) is 0 Å². The smallest absolute Gasteiger partial charge is 0.191 e. The summed E-state index contributed by atoms with van der Waals surface area (Å²) in [4.78, 5) is 0. The summed E-state index contributed by atoms with van der Waals surface area (Å²) in [6, 6.07) is 2.02. The molecule has 1 aromatic rings. The van der Waals surface area contributed by atoms with Crippen molar-refractivity contribution in [1.29, 1.82) is 0 Å². The number of nitrogens with two attached hydrogens (primary N) is 1. The molecule has 1 aliphatic heterocycles. The van der Waals surface area contributed by atoms with Crippen LogP contribution in [0.4, 0.5) is 8.78 Å². The summed E-state index contributed by atoms with van der Waals surface area (Å²) in [5.41, 5.74) is 5.52. The molecular formula is C11H13F2NO4S. The first kappa shape index (κ1) is 14.2. The first-order chi connectivity index (χ1) is 8.82. The highest BCUT2D eigenvalue weighted by atomic mass is 32.2. The summed E-state index contributed by atoms with van der Waals surface area (Å²) in [6.07, 6.45) is -2.46. The van der Waals surface area contributed by atoms with Crippen LogP contribution in [0.3, 0.4) is 0 Å². The third-order valence-electron chi connectivity index (χ3n) is 2.84. The van der Waals surface area contributed by atoms with E-state index in [2.05, 4.69) is 0 Å². The Hall–Kier alpha value is -1.25. The zero-order chi connectivity index (χ0) is 14.2. The van der Waals surface area contributed by atoms with Crippen LogP contribution in [0.1, 0.15) is 5.56 Å². The van der Waals surface area contributed by atoms with Gasteiger partial charge < -0.3 is 15.6 Å². The molecule has 106 valence electrons. The van der Waals surface area contributed by atoms with Gasteiger partial charge in [-0.15, -0.1) is 0 Å². The van der Waals surface area contributed by atoms with E-state index in [1.165, 1.54) is 0 Å². The Morgan fingerprint density at radius 2 is 1.89 bits per heavy atom. The van der Waals surface area contributed by atoms with Crippen LogP contribution in [-0.4, -0.2) is 37.2 Å². The standard InChI is InChI=1S/C11H13F2NO4S/c12-7-1-6(3-14)2-8(13)11(7)18-10-5-19(16,17)4-9(10)15/h1-2,9-10,15H,3-5,14H2. The van der Waals surface area contributed by atoms with Crippen LogP contribution in [0.5, 0.6) is 5.75 Å². The zero-order valence-electron chi connectivity index (χ0n) is 9.84. The van der Waals surface area contributed by atoms with Crippen molar-refractivity contribution in [2.75, 3.05) is 11.5 Å². The number of ether oxygens (including phenoxy) is 1. The number of aliphatic hydroxyl groups excluding tert-OH is 1. The van der Waals surface area contributed by atoms with Crippen LogP contribution in [0.2, 0.25) is 0 Å². The van der Waals surface area contributed by atoms with Crippen molar-refractivity contribution in [2.45, 2.75) is 18.8 Å². The van der Waals surface area contributed by atoms with Gasteiger partial charge in [0.2, 0.25) is 0 Å². The second-order valence-corrected chi connectivity index (χ2v) is 6.55. The molecule has 3 N–H and O–H groups in total. The van der Waals surface area contributed by atoms with Crippen molar-refractivity contribution in [3.63, 3.8) is 0 Å². The van der Waals surface area contributed by atoms with Gasteiger partial charge in [0.1, 0.15) is 12.2 Å². The number of aliphatic hydroxyl groups is 1. The summed E-state index contributed by atoms with van der Waals surface area (Å²) < 4.78 is 54.7. The fraction of sp³-hybridized carbons (Fsp3) is 0.455. The van der Waals surface area contributed by atoms with Gasteiger partial charge in [-0.1, -0.05) is 0 Å². The van der Waals surface area contributed by atoms with Crippen LogP contribution < -0.4 is 10.5 Å². The quantitative estimate of drug-likeness (QED) is 0.816. The molecule has 0 spiro atoms. The maximum Gasteiger partial charge on any atom is 0.191 e. The third-order valence-corrected chi connectivity index (χ3v) is 4.52. The lowest BCUT2D eigenvalue weighted by Gasteiger charge is -2.17. The van der Waals surface area contributed by atoms with Crippen molar-refractivity contribution >= 4 is 9.84 Å². The molecule has 1 fully saturated rings. The molecule has 0 aromatic heterocycles. The minimum atomic E-state index is -3.44. The Kier molecular flexibility index (Phi) is 3.75. The second kappa shape index (κ2) is 5.03. The molecule has 0 saturated carbocycles. The maximum absolute atomic E-state index is 13.6. The SMILES string of the molecule is NCc1cc(F)c(OC2CS(=O)(=O)CC2O)c(F)c1. The molecule has 0 radical (unpaired) electrons. The van der Waals surface area contributed by atoms with Crippen molar-refractivity contribution in [3.8, 4) is 5.75 Å².